The fraction of sp³-hybridized carbons (Fsp3) is 0.188. The molecule has 0 radical (unpaired) electrons. The van der Waals surface area contributed by atoms with Crippen LogP contribution in [0.5, 0.6) is 0 Å². The first-order valence-corrected chi connectivity index (χ1v) is 7.47. The number of benzene rings is 2. The summed E-state index contributed by atoms with van der Waals surface area (Å²) in [5.74, 6) is -0.0319. The Hall–Kier alpha value is -1.40. The minimum absolute atomic E-state index is 0.0319. The Morgan fingerprint density at radius 2 is 1.80 bits per heavy atom. The molecule has 0 bridgehead atoms. The van der Waals surface area contributed by atoms with Crippen molar-refractivity contribution in [3.63, 3.8) is 0 Å². The molecule has 0 aromatic heterocycles. The first-order valence-electron chi connectivity index (χ1n) is 6.40. The molecule has 1 heterocycles. The van der Waals surface area contributed by atoms with Crippen molar-refractivity contribution in [2.45, 2.75) is 12.1 Å². The lowest BCUT2D eigenvalue weighted by atomic mass is 9.95. The van der Waals surface area contributed by atoms with Crippen LogP contribution in [0.25, 0.3) is 0 Å². The van der Waals surface area contributed by atoms with Gasteiger partial charge in [-0.25, -0.2) is 0 Å². The van der Waals surface area contributed by atoms with Gasteiger partial charge in [0, 0.05) is 16.2 Å². The van der Waals surface area contributed by atoms with Crippen LogP contribution >= 0.6 is 22.6 Å². The Morgan fingerprint density at radius 3 is 2.55 bits per heavy atom. The van der Waals surface area contributed by atoms with Crippen LogP contribution in [0.15, 0.2) is 48.5 Å². The number of hydrogen-bond acceptors (Lipinski definition) is 2. The van der Waals surface area contributed by atoms with Gasteiger partial charge in [-0.3, -0.25) is 4.79 Å². The van der Waals surface area contributed by atoms with Crippen molar-refractivity contribution in [1.82, 2.24) is 4.90 Å². The third-order valence-electron chi connectivity index (χ3n) is 3.77. The standard InChI is InChI=1S/C16H14INO2/c1-18-14(10-6-2-3-7-11(10)16(18)20)15(19)12-8-4-5-9-13(12)17/h2-9,14-15,19H,1H3/t14-,15+/m1/s1. The highest BCUT2D eigenvalue weighted by Gasteiger charge is 2.39. The van der Waals surface area contributed by atoms with Crippen LogP contribution in [0.2, 0.25) is 0 Å². The van der Waals surface area contributed by atoms with Crippen molar-refractivity contribution in [1.29, 1.82) is 0 Å². The summed E-state index contributed by atoms with van der Waals surface area (Å²) in [6.07, 6.45) is -0.722. The predicted octanol–water partition coefficient (Wildman–Crippen LogP) is 3.15. The molecule has 102 valence electrons. The van der Waals surface area contributed by atoms with Gasteiger partial charge in [0.05, 0.1) is 6.04 Å². The monoisotopic (exact) mass is 379 g/mol. The van der Waals surface area contributed by atoms with Crippen molar-refractivity contribution in [3.8, 4) is 0 Å². The van der Waals surface area contributed by atoms with Crippen molar-refractivity contribution in [3.05, 3.63) is 68.8 Å². The molecule has 0 saturated carbocycles. The number of carbonyl (C=O) groups is 1. The van der Waals surface area contributed by atoms with E-state index in [0.717, 1.165) is 14.7 Å². The summed E-state index contributed by atoms with van der Waals surface area (Å²) in [4.78, 5) is 13.9. The fourth-order valence-electron chi connectivity index (χ4n) is 2.74. The maximum atomic E-state index is 12.2. The molecule has 4 heteroatoms. The molecule has 3 nitrogen and oxygen atoms in total. The lowest BCUT2D eigenvalue weighted by molar-refractivity contribution is 0.0512. The van der Waals surface area contributed by atoms with Gasteiger partial charge in [-0.05, 0) is 45.9 Å². The summed E-state index contributed by atoms with van der Waals surface area (Å²) in [5, 5.41) is 10.7. The summed E-state index contributed by atoms with van der Waals surface area (Å²) >= 11 is 2.21. The van der Waals surface area contributed by atoms with Crippen LogP contribution in [0, 0.1) is 3.57 Å². The van der Waals surface area contributed by atoms with E-state index in [1.165, 1.54) is 0 Å². The quantitative estimate of drug-likeness (QED) is 0.815. The molecule has 0 aliphatic carbocycles. The van der Waals surface area contributed by atoms with E-state index in [1.54, 1.807) is 11.9 Å². The second-order valence-corrected chi connectivity index (χ2v) is 6.08. The molecule has 2 atom stereocenters. The van der Waals surface area contributed by atoms with E-state index in [2.05, 4.69) is 22.6 Å². The molecule has 2 aromatic rings. The molecule has 0 unspecified atom stereocenters. The van der Waals surface area contributed by atoms with Crippen LogP contribution in [-0.4, -0.2) is 23.0 Å². The number of halogens is 1. The van der Waals surface area contributed by atoms with Crippen LogP contribution in [0.1, 0.15) is 33.6 Å². The lowest BCUT2D eigenvalue weighted by Crippen LogP contribution is -2.27. The van der Waals surface area contributed by atoms with E-state index < -0.39 is 6.10 Å². The smallest absolute Gasteiger partial charge is 0.254 e. The van der Waals surface area contributed by atoms with Gasteiger partial charge in [-0.1, -0.05) is 36.4 Å². The molecule has 1 aliphatic heterocycles. The first kappa shape index (κ1) is 13.6. The van der Waals surface area contributed by atoms with Crippen molar-refractivity contribution < 1.29 is 9.90 Å². The first-order chi connectivity index (χ1) is 9.61. The zero-order chi connectivity index (χ0) is 14.3. The number of carbonyl (C=O) groups excluding carboxylic acids is 1. The van der Waals surface area contributed by atoms with E-state index in [0.29, 0.717) is 5.56 Å². The molecule has 1 aliphatic rings. The van der Waals surface area contributed by atoms with Crippen LogP contribution < -0.4 is 0 Å². The molecule has 0 spiro atoms. The minimum atomic E-state index is -0.722. The summed E-state index contributed by atoms with van der Waals surface area (Å²) in [6, 6.07) is 14.9. The Morgan fingerprint density at radius 1 is 1.15 bits per heavy atom. The van der Waals surface area contributed by atoms with Crippen LogP contribution in [0.4, 0.5) is 0 Å². The molecule has 2 aromatic carbocycles. The maximum absolute atomic E-state index is 12.2. The molecule has 3 rings (SSSR count). The number of amides is 1. The van der Waals surface area contributed by atoms with Gasteiger partial charge in [0.15, 0.2) is 0 Å². The predicted molar refractivity (Wildman–Crippen MR) is 85.4 cm³/mol. The third kappa shape index (κ3) is 2.03. The minimum Gasteiger partial charge on any atom is -0.386 e. The van der Waals surface area contributed by atoms with Crippen molar-refractivity contribution >= 4 is 28.5 Å². The van der Waals surface area contributed by atoms with E-state index in [1.807, 2.05) is 48.5 Å². The third-order valence-corrected chi connectivity index (χ3v) is 4.75. The number of likely N-dealkylation sites (N-methyl/N-ethyl adjacent to an activating group) is 1. The Labute approximate surface area is 131 Å². The van der Waals surface area contributed by atoms with Gasteiger partial charge in [0.2, 0.25) is 0 Å². The number of fused-ring (bicyclic) bond motifs is 1. The number of aliphatic hydroxyl groups is 1. The summed E-state index contributed by atoms with van der Waals surface area (Å²) in [7, 11) is 1.74. The number of hydrogen-bond donors (Lipinski definition) is 1. The number of nitrogens with zero attached hydrogens (tertiary/aromatic N) is 1. The maximum Gasteiger partial charge on any atom is 0.254 e. The average molecular weight is 379 g/mol. The average Bonchev–Trinajstić information content (AvgIpc) is 2.71. The topological polar surface area (TPSA) is 40.5 Å². The molecule has 0 saturated heterocycles. The zero-order valence-electron chi connectivity index (χ0n) is 11.0. The molecule has 1 amide bonds. The Balaban J connectivity index is 2.07. The van der Waals surface area contributed by atoms with E-state index >= 15 is 0 Å². The number of aliphatic hydroxyl groups excluding tert-OH is 1. The van der Waals surface area contributed by atoms with Crippen molar-refractivity contribution in [2.75, 3.05) is 7.05 Å². The highest BCUT2D eigenvalue weighted by Crippen LogP contribution is 2.41. The lowest BCUT2D eigenvalue weighted by Gasteiger charge is -2.27. The van der Waals surface area contributed by atoms with Gasteiger partial charge in [-0.15, -0.1) is 0 Å². The largest absolute Gasteiger partial charge is 0.386 e. The summed E-state index contributed by atoms with van der Waals surface area (Å²) in [5.41, 5.74) is 2.44. The summed E-state index contributed by atoms with van der Waals surface area (Å²) < 4.78 is 1.00. The Bertz CT molecular complexity index is 671. The van der Waals surface area contributed by atoms with Gasteiger partial charge in [0.25, 0.3) is 5.91 Å². The molecule has 1 N–H and O–H groups in total. The van der Waals surface area contributed by atoms with E-state index in [4.69, 9.17) is 0 Å². The normalized spacial score (nSPS) is 19.1. The SMILES string of the molecule is CN1C(=O)c2ccccc2[C@@H]1[C@@H](O)c1ccccc1I. The van der Waals surface area contributed by atoms with E-state index in [9.17, 15) is 9.90 Å². The van der Waals surface area contributed by atoms with Crippen molar-refractivity contribution in [2.24, 2.45) is 0 Å². The molecular weight excluding hydrogens is 365 g/mol. The highest BCUT2D eigenvalue weighted by molar-refractivity contribution is 14.1. The molecule has 20 heavy (non-hydrogen) atoms. The molecule has 0 fully saturated rings. The van der Waals surface area contributed by atoms with Gasteiger partial charge in [0.1, 0.15) is 6.10 Å². The number of rotatable bonds is 2. The van der Waals surface area contributed by atoms with Crippen LogP contribution in [-0.2, 0) is 0 Å². The highest BCUT2D eigenvalue weighted by atomic mass is 127. The zero-order valence-corrected chi connectivity index (χ0v) is 13.1. The second kappa shape index (κ2) is 5.18. The van der Waals surface area contributed by atoms with Gasteiger partial charge < -0.3 is 10.0 Å². The van der Waals surface area contributed by atoms with Gasteiger partial charge in [-0.2, -0.15) is 0 Å². The van der Waals surface area contributed by atoms with E-state index in [-0.39, 0.29) is 11.9 Å². The fourth-order valence-corrected chi connectivity index (χ4v) is 3.45. The Kier molecular flexibility index (Phi) is 3.52. The van der Waals surface area contributed by atoms with Gasteiger partial charge >= 0.3 is 0 Å². The van der Waals surface area contributed by atoms with Crippen LogP contribution in [0.3, 0.4) is 0 Å². The summed E-state index contributed by atoms with van der Waals surface area (Å²) in [6.45, 7) is 0. The second-order valence-electron chi connectivity index (χ2n) is 4.91. The molecular formula is C16H14INO2.